The van der Waals surface area contributed by atoms with Crippen LogP contribution in [0.1, 0.15) is 66.2 Å². The molecule has 0 bridgehead atoms. The van der Waals surface area contributed by atoms with Gasteiger partial charge in [-0.25, -0.2) is 0 Å². The maximum absolute atomic E-state index is 13.1. The number of hydrogen-bond donors (Lipinski definition) is 1. The van der Waals surface area contributed by atoms with Gasteiger partial charge in [0.25, 0.3) is 0 Å². The van der Waals surface area contributed by atoms with Crippen molar-refractivity contribution in [3.8, 4) is 0 Å². The molecule has 2 unspecified atom stereocenters. The predicted octanol–water partition coefficient (Wildman–Crippen LogP) is 3.44. The lowest BCUT2D eigenvalue weighted by Gasteiger charge is -2.34. The van der Waals surface area contributed by atoms with Crippen LogP contribution in [0.3, 0.4) is 0 Å². The van der Waals surface area contributed by atoms with E-state index in [1.54, 1.807) is 0 Å². The van der Waals surface area contributed by atoms with E-state index in [9.17, 15) is 4.79 Å². The molecular weight excluding hydrogens is 260 g/mol. The van der Waals surface area contributed by atoms with Gasteiger partial charge in [0.2, 0.25) is 5.91 Å². The van der Waals surface area contributed by atoms with Crippen LogP contribution in [0.5, 0.6) is 0 Å². The minimum atomic E-state index is -0.101. The molecule has 2 heterocycles. The molecule has 1 N–H and O–H groups in total. The predicted molar refractivity (Wildman–Crippen MR) is 88.2 cm³/mol. The van der Waals surface area contributed by atoms with Crippen LogP contribution in [-0.2, 0) is 4.79 Å². The van der Waals surface area contributed by atoms with Crippen LogP contribution in [0.4, 0.5) is 0 Å². The second-order valence-electron chi connectivity index (χ2n) is 8.24. The zero-order valence-electron chi connectivity index (χ0n) is 14.5. The summed E-state index contributed by atoms with van der Waals surface area (Å²) in [6, 6.07) is 0. The number of nitrogens with zero attached hydrogens (tertiary/aromatic N) is 1. The zero-order valence-corrected chi connectivity index (χ0v) is 14.5. The lowest BCUT2D eigenvalue weighted by atomic mass is 9.76. The highest BCUT2D eigenvalue weighted by atomic mass is 16.2. The fraction of sp³-hybridized carbons (Fsp3) is 0.944. The first-order valence-electron chi connectivity index (χ1n) is 8.89. The highest BCUT2D eigenvalue weighted by Gasteiger charge is 2.43. The van der Waals surface area contributed by atoms with Gasteiger partial charge in [-0.3, -0.25) is 4.79 Å². The molecule has 0 aromatic heterocycles. The summed E-state index contributed by atoms with van der Waals surface area (Å²) in [5.74, 6) is 1.18. The van der Waals surface area contributed by atoms with Gasteiger partial charge >= 0.3 is 0 Å². The van der Waals surface area contributed by atoms with Crippen LogP contribution in [0.15, 0.2) is 0 Å². The number of carbonyl (C=O) groups excluding carboxylic acids is 1. The van der Waals surface area contributed by atoms with Crippen LogP contribution >= 0.6 is 0 Å². The summed E-state index contributed by atoms with van der Waals surface area (Å²) in [7, 11) is 0. The van der Waals surface area contributed by atoms with Crippen LogP contribution in [0.2, 0.25) is 0 Å². The first-order chi connectivity index (χ1) is 9.89. The number of rotatable bonds is 3. The molecule has 0 radical (unpaired) electrons. The fourth-order valence-electron chi connectivity index (χ4n) is 4.23. The summed E-state index contributed by atoms with van der Waals surface area (Å²) < 4.78 is 0. The molecule has 21 heavy (non-hydrogen) atoms. The molecule has 1 amide bonds. The van der Waals surface area contributed by atoms with E-state index in [1.165, 1.54) is 19.3 Å². The summed E-state index contributed by atoms with van der Waals surface area (Å²) >= 11 is 0. The van der Waals surface area contributed by atoms with Crippen molar-refractivity contribution in [1.82, 2.24) is 10.2 Å². The Morgan fingerprint density at radius 3 is 2.62 bits per heavy atom. The summed E-state index contributed by atoms with van der Waals surface area (Å²) in [5.41, 5.74) is 0.269. The summed E-state index contributed by atoms with van der Waals surface area (Å²) in [6.45, 7) is 13.1. The van der Waals surface area contributed by atoms with E-state index in [1.807, 2.05) is 0 Å². The maximum atomic E-state index is 13.1. The summed E-state index contributed by atoms with van der Waals surface area (Å²) in [4.78, 5) is 15.3. The Balaban J connectivity index is 2.02. The van der Waals surface area contributed by atoms with Crippen molar-refractivity contribution >= 4 is 5.91 Å². The van der Waals surface area contributed by atoms with E-state index in [4.69, 9.17) is 0 Å². The maximum Gasteiger partial charge on any atom is 0.230 e. The number of hydrogen-bond acceptors (Lipinski definition) is 2. The minimum Gasteiger partial charge on any atom is -0.342 e. The number of likely N-dealkylation sites (tertiary alicyclic amines) is 1. The van der Waals surface area contributed by atoms with Crippen LogP contribution in [0, 0.1) is 16.7 Å². The third kappa shape index (κ3) is 3.80. The van der Waals surface area contributed by atoms with Gasteiger partial charge in [0.1, 0.15) is 0 Å². The molecule has 3 nitrogen and oxygen atoms in total. The molecule has 0 aromatic rings. The largest absolute Gasteiger partial charge is 0.342 e. The number of amides is 1. The number of carbonyl (C=O) groups is 1. The van der Waals surface area contributed by atoms with Gasteiger partial charge in [0, 0.05) is 19.6 Å². The smallest absolute Gasteiger partial charge is 0.230 e. The molecular formula is C18H34N2O. The normalized spacial score (nSPS) is 31.2. The van der Waals surface area contributed by atoms with E-state index in [0.717, 1.165) is 51.4 Å². The highest BCUT2D eigenvalue weighted by Crippen LogP contribution is 2.37. The monoisotopic (exact) mass is 294 g/mol. The van der Waals surface area contributed by atoms with Crippen molar-refractivity contribution in [3.05, 3.63) is 0 Å². The first-order valence-corrected chi connectivity index (χ1v) is 8.89. The van der Waals surface area contributed by atoms with Crippen LogP contribution in [-0.4, -0.2) is 37.0 Å². The molecule has 2 saturated heterocycles. The van der Waals surface area contributed by atoms with Crippen molar-refractivity contribution in [3.63, 3.8) is 0 Å². The van der Waals surface area contributed by atoms with Crippen LogP contribution < -0.4 is 5.32 Å². The van der Waals surface area contributed by atoms with Gasteiger partial charge in [-0.15, -0.1) is 0 Å². The standard InChI is InChI=1S/C18H34N2O/c1-5-9-18(10-11-19-14-18)16(21)20-12-6-7-15(8-13-20)17(2,3)4/h15,19H,5-14H2,1-4H3. The Kier molecular flexibility index (Phi) is 5.34. The Labute approximate surface area is 130 Å². The molecule has 2 aliphatic heterocycles. The molecule has 0 saturated carbocycles. The first kappa shape index (κ1) is 16.8. The summed E-state index contributed by atoms with van der Waals surface area (Å²) in [6.07, 6.45) is 6.78. The highest BCUT2D eigenvalue weighted by molar-refractivity contribution is 5.83. The van der Waals surface area contributed by atoms with Crippen molar-refractivity contribution in [2.24, 2.45) is 16.7 Å². The van der Waals surface area contributed by atoms with Gasteiger partial charge < -0.3 is 10.2 Å². The third-order valence-corrected chi connectivity index (χ3v) is 5.67. The second kappa shape index (κ2) is 6.68. The SMILES string of the molecule is CCCC1(C(=O)N2CCCC(C(C)(C)C)CC2)CCNC1. The van der Waals surface area contributed by atoms with Gasteiger partial charge in [-0.1, -0.05) is 34.1 Å². The Bertz CT molecular complexity index is 353. The fourth-order valence-corrected chi connectivity index (χ4v) is 4.23. The van der Waals surface area contributed by atoms with E-state index in [0.29, 0.717) is 11.3 Å². The molecule has 2 aliphatic rings. The molecule has 122 valence electrons. The molecule has 2 rings (SSSR count). The molecule has 0 spiro atoms. The van der Waals surface area contributed by atoms with E-state index in [-0.39, 0.29) is 5.41 Å². The average Bonchev–Trinajstić information content (AvgIpc) is 2.74. The molecule has 3 heteroatoms. The zero-order chi connectivity index (χ0) is 15.5. The molecule has 2 fully saturated rings. The van der Waals surface area contributed by atoms with E-state index < -0.39 is 0 Å². The summed E-state index contributed by atoms with van der Waals surface area (Å²) in [5, 5.41) is 3.42. The minimum absolute atomic E-state index is 0.101. The lowest BCUT2D eigenvalue weighted by Crippen LogP contribution is -2.45. The Morgan fingerprint density at radius 2 is 2.05 bits per heavy atom. The Morgan fingerprint density at radius 1 is 1.29 bits per heavy atom. The van der Waals surface area contributed by atoms with E-state index >= 15 is 0 Å². The van der Waals surface area contributed by atoms with Crippen molar-refractivity contribution < 1.29 is 4.79 Å². The van der Waals surface area contributed by atoms with Crippen molar-refractivity contribution in [2.45, 2.75) is 66.2 Å². The lowest BCUT2D eigenvalue weighted by molar-refractivity contribution is -0.141. The molecule has 2 atom stereocenters. The molecule has 0 aliphatic carbocycles. The van der Waals surface area contributed by atoms with Gasteiger partial charge in [-0.05, 0) is 50.0 Å². The van der Waals surface area contributed by atoms with Gasteiger partial charge in [-0.2, -0.15) is 0 Å². The van der Waals surface area contributed by atoms with Crippen molar-refractivity contribution in [2.75, 3.05) is 26.2 Å². The third-order valence-electron chi connectivity index (χ3n) is 5.67. The van der Waals surface area contributed by atoms with Crippen LogP contribution in [0.25, 0.3) is 0 Å². The topological polar surface area (TPSA) is 32.3 Å². The number of nitrogens with one attached hydrogen (secondary N) is 1. The molecule has 0 aromatic carbocycles. The van der Waals surface area contributed by atoms with Gasteiger partial charge in [0.15, 0.2) is 0 Å². The Hall–Kier alpha value is -0.570. The van der Waals surface area contributed by atoms with E-state index in [2.05, 4.69) is 37.9 Å². The van der Waals surface area contributed by atoms with Gasteiger partial charge in [0.05, 0.1) is 5.41 Å². The second-order valence-corrected chi connectivity index (χ2v) is 8.24. The van der Waals surface area contributed by atoms with Crippen molar-refractivity contribution in [1.29, 1.82) is 0 Å². The quantitative estimate of drug-likeness (QED) is 0.865. The average molecular weight is 294 g/mol.